The Bertz CT molecular complexity index is 1410. The van der Waals surface area contributed by atoms with Gasteiger partial charge < -0.3 is 18.5 Å². The number of hydrogen-bond acceptors (Lipinski definition) is 6. The maximum atomic E-state index is 12.5. The number of carbonyl (C=O) groups excluding carboxylic acids is 1. The minimum atomic E-state index is -0.986. The predicted octanol–water partition coefficient (Wildman–Crippen LogP) is 5.95. The van der Waals surface area contributed by atoms with Crippen molar-refractivity contribution in [3.05, 3.63) is 84.1 Å². The predicted molar refractivity (Wildman–Crippen MR) is 139 cm³/mol. The highest BCUT2D eigenvalue weighted by molar-refractivity contribution is 6.64. The molecule has 0 unspecified atom stereocenters. The fourth-order valence-corrected chi connectivity index (χ4v) is 4.39. The van der Waals surface area contributed by atoms with Crippen LogP contribution in [0.25, 0.3) is 22.1 Å². The van der Waals surface area contributed by atoms with Crippen LogP contribution in [0.4, 0.5) is 4.53 Å². The molecule has 5 rings (SSSR count). The minimum Gasteiger partial charge on any atom is -0.489 e. The topological polar surface area (TPSA) is 67.1 Å². The number of furan rings is 1. The monoisotopic (exact) mass is 502 g/mol. The molecule has 0 amide bonds. The van der Waals surface area contributed by atoms with E-state index in [9.17, 15) is 9.32 Å². The maximum absolute atomic E-state index is 12.5. The first-order chi connectivity index (χ1) is 17.7. The van der Waals surface area contributed by atoms with Crippen molar-refractivity contribution in [2.45, 2.75) is 51.9 Å². The molecule has 0 bridgehead atoms. The standard InChI is InChI=1S/C29H28BFO6/c1-28(2)29(3,4)37-30(36-28)24-15-19(14-23-12-13-33-27(23)24)18-34-25-16-21(20-8-6-5-7-9-20)10-11-22(25)17-26(32)35-31/h5-16H,17-18H2,1-4H3. The SMILES string of the molecule is CC1(C)OB(c2cc(COc3cc(-c4ccccc4)ccc3CC(=O)OF)cc3ccoc23)OC1(C)C. The zero-order valence-corrected chi connectivity index (χ0v) is 21.2. The summed E-state index contributed by atoms with van der Waals surface area (Å²) in [6, 6.07) is 21.1. The summed E-state index contributed by atoms with van der Waals surface area (Å²) in [5.74, 6) is -0.517. The Hall–Kier alpha value is -3.62. The first-order valence-electron chi connectivity index (χ1n) is 12.1. The number of fused-ring (bicyclic) bond motifs is 1. The lowest BCUT2D eigenvalue weighted by molar-refractivity contribution is -0.182. The van der Waals surface area contributed by atoms with Crippen molar-refractivity contribution in [2.24, 2.45) is 0 Å². The van der Waals surface area contributed by atoms with Crippen LogP contribution in [0, 0.1) is 0 Å². The highest BCUT2D eigenvalue weighted by Gasteiger charge is 2.52. The van der Waals surface area contributed by atoms with Crippen LogP contribution >= 0.6 is 0 Å². The molecule has 4 aromatic rings. The van der Waals surface area contributed by atoms with Gasteiger partial charge in [0.25, 0.3) is 0 Å². The minimum absolute atomic E-state index is 0.198. The quantitative estimate of drug-likeness (QED) is 0.291. The fourth-order valence-electron chi connectivity index (χ4n) is 4.39. The van der Waals surface area contributed by atoms with E-state index in [-0.39, 0.29) is 13.0 Å². The number of ether oxygens (including phenoxy) is 1. The third kappa shape index (κ3) is 4.99. The van der Waals surface area contributed by atoms with E-state index in [1.54, 1.807) is 12.3 Å². The van der Waals surface area contributed by atoms with Gasteiger partial charge in [-0.3, -0.25) is 4.94 Å². The van der Waals surface area contributed by atoms with E-state index in [2.05, 4.69) is 4.94 Å². The Kier molecular flexibility index (Phi) is 6.56. The van der Waals surface area contributed by atoms with Crippen molar-refractivity contribution in [1.82, 2.24) is 0 Å². The Balaban J connectivity index is 1.46. The molecule has 0 saturated carbocycles. The fraction of sp³-hybridized carbons (Fsp3) is 0.276. The number of carbonyl (C=O) groups is 1. The van der Waals surface area contributed by atoms with Crippen molar-refractivity contribution in [2.75, 3.05) is 0 Å². The van der Waals surface area contributed by atoms with Gasteiger partial charge in [-0.15, -0.1) is 0 Å². The van der Waals surface area contributed by atoms with Gasteiger partial charge in [0.15, 0.2) is 0 Å². The van der Waals surface area contributed by atoms with Crippen LogP contribution in [0.2, 0.25) is 0 Å². The Morgan fingerprint density at radius 3 is 2.35 bits per heavy atom. The van der Waals surface area contributed by atoms with Crippen molar-refractivity contribution < 1.29 is 32.7 Å². The molecule has 37 heavy (non-hydrogen) atoms. The molecule has 1 fully saturated rings. The summed E-state index contributed by atoms with van der Waals surface area (Å²) in [5.41, 5.74) is 3.77. The number of benzene rings is 3. The van der Waals surface area contributed by atoms with E-state index < -0.39 is 24.3 Å². The van der Waals surface area contributed by atoms with Gasteiger partial charge in [0.05, 0.1) is 23.9 Å². The van der Waals surface area contributed by atoms with Crippen LogP contribution in [0.15, 0.2) is 77.4 Å². The molecular weight excluding hydrogens is 474 g/mol. The van der Waals surface area contributed by atoms with Crippen LogP contribution in [-0.2, 0) is 32.1 Å². The second-order valence-electron chi connectivity index (χ2n) is 10.2. The number of hydrogen-bond donors (Lipinski definition) is 0. The Labute approximate surface area is 215 Å². The van der Waals surface area contributed by atoms with Crippen molar-refractivity contribution in [1.29, 1.82) is 0 Å². The van der Waals surface area contributed by atoms with Gasteiger partial charge in [0.2, 0.25) is 0 Å². The summed E-state index contributed by atoms with van der Waals surface area (Å²) in [4.78, 5) is 15.1. The second kappa shape index (κ2) is 9.69. The average Bonchev–Trinajstić information content (AvgIpc) is 3.44. The molecule has 1 aliphatic rings. The van der Waals surface area contributed by atoms with E-state index in [0.717, 1.165) is 27.5 Å². The summed E-state index contributed by atoms with van der Waals surface area (Å²) in [5, 5.41) is 0.894. The van der Waals surface area contributed by atoms with Crippen LogP contribution in [0.1, 0.15) is 38.8 Å². The van der Waals surface area contributed by atoms with Gasteiger partial charge in [-0.25, -0.2) is 4.79 Å². The molecule has 0 N–H and O–H groups in total. The molecule has 190 valence electrons. The van der Waals surface area contributed by atoms with Crippen molar-refractivity contribution in [3.8, 4) is 16.9 Å². The van der Waals surface area contributed by atoms with E-state index in [1.165, 1.54) is 0 Å². The third-order valence-electron chi connectivity index (χ3n) is 7.14. The van der Waals surface area contributed by atoms with Crippen LogP contribution in [0.5, 0.6) is 5.75 Å². The van der Waals surface area contributed by atoms with Gasteiger partial charge in [-0.1, -0.05) is 48.5 Å². The summed E-state index contributed by atoms with van der Waals surface area (Å²) >= 11 is 0. The first-order valence-corrected chi connectivity index (χ1v) is 12.1. The summed E-state index contributed by atoms with van der Waals surface area (Å²) in [7, 11) is -0.602. The summed E-state index contributed by atoms with van der Waals surface area (Å²) in [6.07, 6.45) is 1.38. The number of rotatable bonds is 7. The first kappa shape index (κ1) is 25.1. The third-order valence-corrected chi connectivity index (χ3v) is 7.14. The van der Waals surface area contributed by atoms with Gasteiger partial charge >= 0.3 is 13.1 Å². The second-order valence-corrected chi connectivity index (χ2v) is 10.2. The summed E-state index contributed by atoms with van der Waals surface area (Å²) < 4.78 is 37.0. The Morgan fingerprint density at radius 2 is 1.65 bits per heavy atom. The molecule has 3 aromatic carbocycles. The van der Waals surface area contributed by atoms with Crippen LogP contribution < -0.4 is 10.2 Å². The molecule has 1 aliphatic heterocycles. The molecule has 2 heterocycles. The summed E-state index contributed by atoms with van der Waals surface area (Å²) in [6.45, 7) is 8.21. The lowest BCUT2D eigenvalue weighted by atomic mass is 9.77. The molecule has 0 spiro atoms. The van der Waals surface area contributed by atoms with Crippen LogP contribution in [-0.4, -0.2) is 24.3 Å². The molecule has 1 saturated heterocycles. The Morgan fingerprint density at radius 1 is 0.919 bits per heavy atom. The van der Waals surface area contributed by atoms with Crippen LogP contribution in [0.3, 0.4) is 0 Å². The van der Waals surface area contributed by atoms with Crippen molar-refractivity contribution in [3.63, 3.8) is 0 Å². The van der Waals surface area contributed by atoms with E-state index >= 15 is 0 Å². The van der Waals surface area contributed by atoms with E-state index in [4.69, 9.17) is 18.5 Å². The zero-order chi connectivity index (χ0) is 26.2. The normalized spacial score (nSPS) is 16.2. The highest BCUT2D eigenvalue weighted by Crippen LogP contribution is 2.37. The molecule has 6 nitrogen and oxygen atoms in total. The lowest BCUT2D eigenvalue weighted by Crippen LogP contribution is -2.41. The van der Waals surface area contributed by atoms with E-state index in [1.807, 2.05) is 88.4 Å². The zero-order valence-electron chi connectivity index (χ0n) is 21.2. The smallest absolute Gasteiger partial charge is 0.489 e. The van der Waals surface area contributed by atoms with Crippen molar-refractivity contribution >= 4 is 29.5 Å². The number of halogens is 1. The molecule has 1 aromatic heterocycles. The molecule has 8 heteroatoms. The molecular formula is C29H28BFO6. The highest BCUT2D eigenvalue weighted by atomic mass is 19.3. The molecule has 0 aliphatic carbocycles. The lowest BCUT2D eigenvalue weighted by Gasteiger charge is -2.32. The average molecular weight is 502 g/mol. The van der Waals surface area contributed by atoms with Gasteiger partial charge in [0.1, 0.15) is 17.9 Å². The molecule has 0 radical (unpaired) electrons. The maximum Gasteiger partial charge on any atom is 0.498 e. The molecule has 0 atom stereocenters. The van der Waals surface area contributed by atoms with Gasteiger partial charge in [-0.05, 0) is 62.6 Å². The van der Waals surface area contributed by atoms with Gasteiger partial charge in [0, 0.05) is 20.9 Å². The van der Waals surface area contributed by atoms with E-state index in [0.29, 0.717) is 16.9 Å². The van der Waals surface area contributed by atoms with Gasteiger partial charge in [-0.2, -0.15) is 0 Å². The largest absolute Gasteiger partial charge is 0.498 e.